The first-order valence-electron chi connectivity index (χ1n) is 12.8. The van der Waals surface area contributed by atoms with Crippen LogP contribution < -0.4 is 21.7 Å². The molecule has 0 spiro atoms. The highest BCUT2D eigenvalue weighted by Crippen LogP contribution is 2.08. The molecule has 11 nitrogen and oxygen atoms in total. The molecule has 5 N–H and O–H groups in total. The van der Waals surface area contributed by atoms with Gasteiger partial charge in [-0.3, -0.25) is 14.4 Å². The molecule has 0 saturated carbocycles. The highest BCUT2D eigenvalue weighted by Gasteiger charge is 2.27. The van der Waals surface area contributed by atoms with E-state index in [4.69, 9.17) is 15.2 Å². The Morgan fingerprint density at radius 3 is 2.16 bits per heavy atom. The minimum Gasteiger partial charge on any atom is -0.463 e. The molecule has 0 aromatic heterocycles. The summed E-state index contributed by atoms with van der Waals surface area (Å²) >= 11 is 0. The predicted molar refractivity (Wildman–Crippen MR) is 141 cm³/mol. The van der Waals surface area contributed by atoms with Gasteiger partial charge in [-0.25, -0.2) is 9.59 Å². The maximum atomic E-state index is 13.1. The predicted octanol–water partition coefficient (Wildman–Crippen LogP) is 2.09. The Hall–Kier alpha value is -3.89. The zero-order valence-electron chi connectivity index (χ0n) is 22.5. The summed E-state index contributed by atoms with van der Waals surface area (Å²) in [6.45, 7) is 7.43. The number of benzene rings is 1. The molecule has 0 aliphatic rings. The number of nitrogens with one attached hydrogen (secondary N) is 3. The Morgan fingerprint density at radius 2 is 1.58 bits per heavy atom. The quantitative estimate of drug-likeness (QED) is 0.187. The smallest absolute Gasteiger partial charge is 0.408 e. The number of carbonyl (C=O) groups is 5. The van der Waals surface area contributed by atoms with Crippen molar-refractivity contribution in [1.29, 1.82) is 0 Å². The van der Waals surface area contributed by atoms with Crippen LogP contribution in [-0.4, -0.2) is 54.5 Å². The summed E-state index contributed by atoms with van der Waals surface area (Å²) in [6.07, 6.45) is 2.56. The van der Waals surface area contributed by atoms with Crippen LogP contribution in [0.2, 0.25) is 0 Å². The maximum Gasteiger partial charge on any atom is 0.408 e. The Morgan fingerprint density at radius 1 is 0.921 bits per heavy atom. The fraction of sp³-hybridized carbons (Fsp3) is 0.519. The average molecular weight is 533 g/mol. The van der Waals surface area contributed by atoms with Crippen molar-refractivity contribution in [3.05, 3.63) is 48.0 Å². The first-order chi connectivity index (χ1) is 18.0. The Balaban J connectivity index is 2.83. The molecule has 0 saturated heterocycles. The van der Waals surface area contributed by atoms with Crippen molar-refractivity contribution in [3.8, 4) is 0 Å². The Labute approximate surface area is 223 Å². The Bertz CT molecular complexity index is 950. The van der Waals surface area contributed by atoms with E-state index in [1.807, 2.05) is 44.2 Å². The molecule has 210 valence electrons. The lowest BCUT2D eigenvalue weighted by Crippen LogP contribution is -2.54. The van der Waals surface area contributed by atoms with Crippen LogP contribution in [0.25, 0.3) is 0 Å². The van der Waals surface area contributed by atoms with E-state index in [0.717, 1.165) is 5.56 Å². The number of hydrogen-bond acceptors (Lipinski definition) is 7. The summed E-state index contributed by atoms with van der Waals surface area (Å²) in [7, 11) is 0. The van der Waals surface area contributed by atoms with Gasteiger partial charge in [-0.05, 0) is 37.7 Å². The minimum absolute atomic E-state index is 0.0211. The van der Waals surface area contributed by atoms with Gasteiger partial charge in [-0.2, -0.15) is 0 Å². The van der Waals surface area contributed by atoms with E-state index in [0.29, 0.717) is 6.42 Å². The topological polar surface area (TPSA) is 166 Å². The molecule has 0 bridgehead atoms. The van der Waals surface area contributed by atoms with Gasteiger partial charge in [0.25, 0.3) is 0 Å². The summed E-state index contributed by atoms with van der Waals surface area (Å²) in [6, 6.07) is 6.59. The molecular formula is C27H40N4O7. The van der Waals surface area contributed by atoms with Crippen molar-refractivity contribution < 1.29 is 33.4 Å². The molecule has 1 rings (SSSR count). The lowest BCUT2D eigenvalue weighted by molar-refractivity contribution is -0.137. The fourth-order valence-electron chi connectivity index (χ4n) is 3.42. The standard InChI is InChI=1S/C27H40N4O7/c1-5-21(25(34)29-20(12-14-23(28)32)13-15-24(33)37-6-2)30-26(35)22(16-18(3)4)31-27(36)38-17-19-10-8-7-9-11-19/h7-11,13,15,18,20-22H,5-6,12,14,16-17H2,1-4H3,(H2,28,32)(H,29,34)(H,30,35)(H,31,36)/b15-13+/t20-,21-,22-/m0/s1. The molecule has 0 aliphatic carbocycles. The summed E-state index contributed by atoms with van der Waals surface area (Å²) < 4.78 is 10.1. The van der Waals surface area contributed by atoms with E-state index < -0.39 is 47.9 Å². The number of carbonyl (C=O) groups excluding carboxylic acids is 5. The number of nitrogens with two attached hydrogens (primary N) is 1. The lowest BCUT2D eigenvalue weighted by atomic mass is 10.0. The summed E-state index contributed by atoms with van der Waals surface area (Å²) in [5, 5.41) is 7.98. The van der Waals surface area contributed by atoms with Gasteiger partial charge in [0.15, 0.2) is 0 Å². The van der Waals surface area contributed by atoms with Crippen molar-refractivity contribution in [2.24, 2.45) is 11.7 Å². The van der Waals surface area contributed by atoms with E-state index in [1.165, 1.54) is 12.2 Å². The lowest BCUT2D eigenvalue weighted by Gasteiger charge is -2.24. The molecule has 0 aliphatic heterocycles. The van der Waals surface area contributed by atoms with Crippen molar-refractivity contribution in [3.63, 3.8) is 0 Å². The molecule has 11 heteroatoms. The third-order valence-corrected chi connectivity index (χ3v) is 5.35. The van der Waals surface area contributed by atoms with E-state index in [2.05, 4.69) is 16.0 Å². The van der Waals surface area contributed by atoms with Crippen molar-refractivity contribution in [1.82, 2.24) is 16.0 Å². The molecule has 0 heterocycles. The monoisotopic (exact) mass is 532 g/mol. The second-order valence-electron chi connectivity index (χ2n) is 9.09. The van der Waals surface area contributed by atoms with Crippen LogP contribution in [0.4, 0.5) is 4.79 Å². The summed E-state index contributed by atoms with van der Waals surface area (Å²) in [5.41, 5.74) is 6.03. The Kier molecular flexibility index (Phi) is 14.8. The highest BCUT2D eigenvalue weighted by atomic mass is 16.5. The molecular weight excluding hydrogens is 492 g/mol. The van der Waals surface area contributed by atoms with Crippen molar-refractivity contribution >= 4 is 29.8 Å². The van der Waals surface area contributed by atoms with Crippen molar-refractivity contribution in [2.75, 3.05) is 6.61 Å². The molecule has 1 aromatic carbocycles. The van der Waals surface area contributed by atoms with Gasteiger partial charge in [0, 0.05) is 18.5 Å². The zero-order valence-corrected chi connectivity index (χ0v) is 22.5. The third-order valence-electron chi connectivity index (χ3n) is 5.35. The summed E-state index contributed by atoms with van der Waals surface area (Å²) in [5.74, 6) is -2.13. The van der Waals surface area contributed by atoms with Gasteiger partial charge in [-0.15, -0.1) is 0 Å². The number of amides is 4. The van der Waals surface area contributed by atoms with Crippen LogP contribution in [0.3, 0.4) is 0 Å². The average Bonchev–Trinajstić information content (AvgIpc) is 2.87. The van der Waals surface area contributed by atoms with Gasteiger partial charge in [0.1, 0.15) is 18.7 Å². The zero-order chi connectivity index (χ0) is 28.5. The van der Waals surface area contributed by atoms with Crippen LogP contribution in [-0.2, 0) is 35.3 Å². The number of rotatable bonds is 16. The number of hydrogen-bond donors (Lipinski definition) is 4. The van der Waals surface area contributed by atoms with Crippen LogP contribution >= 0.6 is 0 Å². The second-order valence-corrected chi connectivity index (χ2v) is 9.09. The molecule has 0 fully saturated rings. The molecule has 3 atom stereocenters. The summed E-state index contributed by atoms with van der Waals surface area (Å²) in [4.78, 5) is 61.3. The number of esters is 1. The van der Waals surface area contributed by atoms with Crippen LogP contribution in [0.5, 0.6) is 0 Å². The molecule has 38 heavy (non-hydrogen) atoms. The van der Waals surface area contributed by atoms with Crippen molar-refractivity contribution in [2.45, 2.75) is 78.1 Å². The fourth-order valence-corrected chi connectivity index (χ4v) is 3.42. The molecule has 1 aromatic rings. The van der Waals surface area contributed by atoms with Gasteiger partial charge >= 0.3 is 12.1 Å². The van der Waals surface area contributed by atoms with Gasteiger partial charge in [-0.1, -0.05) is 57.2 Å². The third kappa shape index (κ3) is 13.4. The van der Waals surface area contributed by atoms with E-state index >= 15 is 0 Å². The molecule has 0 radical (unpaired) electrons. The SMILES string of the molecule is CCOC(=O)/C=C/[C@H](CCC(N)=O)NC(=O)[C@H](CC)NC(=O)[C@H](CC(C)C)NC(=O)OCc1ccccc1. The van der Waals surface area contributed by atoms with Gasteiger partial charge < -0.3 is 31.2 Å². The van der Waals surface area contributed by atoms with Crippen LogP contribution in [0.1, 0.15) is 58.9 Å². The maximum absolute atomic E-state index is 13.1. The number of ether oxygens (including phenoxy) is 2. The van der Waals surface area contributed by atoms with Crippen LogP contribution in [0, 0.1) is 5.92 Å². The van der Waals surface area contributed by atoms with Gasteiger partial charge in [0.05, 0.1) is 6.61 Å². The van der Waals surface area contributed by atoms with Gasteiger partial charge in [0.2, 0.25) is 17.7 Å². The minimum atomic E-state index is -0.925. The van der Waals surface area contributed by atoms with E-state index in [9.17, 15) is 24.0 Å². The first-order valence-corrected chi connectivity index (χ1v) is 12.8. The van der Waals surface area contributed by atoms with E-state index in [1.54, 1.807) is 13.8 Å². The molecule has 4 amide bonds. The number of alkyl carbamates (subject to hydrolysis) is 1. The first kappa shape index (κ1) is 32.1. The normalized spacial score (nSPS) is 13.3. The number of primary amides is 1. The van der Waals surface area contributed by atoms with E-state index in [-0.39, 0.29) is 38.4 Å². The van der Waals surface area contributed by atoms with Crippen LogP contribution in [0.15, 0.2) is 42.5 Å². The highest BCUT2D eigenvalue weighted by molar-refractivity contribution is 5.91. The second kappa shape index (κ2) is 17.5. The largest absolute Gasteiger partial charge is 0.463 e. The molecule has 0 unspecified atom stereocenters.